The fraction of sp³-hybridized carbons (Fsp3) is 0.529. The lowest BCUT2D eigenvalue weighted by Crippen LogP contribution is -2.45. The van der Waals surface area contributed by atoms with Gasteiger partial charge in [0.2, 0.25) is 0 Å². The number of benzene rings is 1. The number of carbonyl (C=O) groups is 1. The maximum absolute atomic E-state index is 12.4. The van der Waals surface area contributed by atoms with Gasteiger partial charge < -0.3 is 15.5 Å². The van der Waals surface area contributed by atoms with Crippen molar-refractivity contribution in [2.24, 2.45) is 10.9 Å². The van der Waals surface area contributed by atoms with Crippen LogP contribution in [0.25, 0.3) is 0 Å². The summed E-state index contributed by atoms with van der Waals surface area (Å²) in [5.41, 5.74) is 0.792. The standard InChI is InChI=1S/C17H24N4O.HI/c22-16(15-5-2-1-3-6-15)21-11-7-14(8-12-21)13-20-17-18-9-4-10-19-17;/h1-3,5-6,14H,4,7-13H2,(H2,18,19,20);1H. The first kappa shape index (κ1) is 18.0. The summed E-state index contributed by atoms with van der Waals surface area (Å²) < 4.78 is 0. The third-order valence-corrected chi connectivity index (χ3v) is 4.38. The number of nitrogens with zero attached hydrogens (tertiary/aromatic N) is 2. The molecule has 2 aliphatic heterocycles. The quantitative estimate of drug-likeness (QED) is 0.726. The van der Waals surface area contributed by atoms with Gasteiger partial charge in [-0.15, -0.1) is 24.0 Å². The minimum Gasteiger partial charge on any atom is -0.356 e. The number of hydrogen-bond acceptors (Lipinski definition) is 4. The van der Waals surface area contributed by atoms with Crippen LogP contribution in [0.15, 0.2) is 35.3 Å². The Balaban J connectivity index is 0.00000192. The number of halogens is 1. The molecule has 0 saturated carbocycles. The summed E-state index contributed by atoms with van der Waals surface area (Å²) in [6.07, 6.45) is 3.23. The van der Waals surface area contributed by atoms with E-state index in [1.54, 1.807) is 0 Å². The van der Waals surface area contributed by atoms with Crippen LogP contribution in [0.1, 0.15) is 29.6 Å². The zero-order chi connectivity index (χ0) is 15.2. The summed E-state index contributed by atoms with van der Waals surface area (Å²) in [5, 5.41) is 6.68. The predicted octanol–water partition coefficient (Wildman–Crippen LogP) is 2.10. The molecule has 1 aromatic rings. The van der Waals surface area contributed by atoms with Crippen molar-refractivity contribution in [2.45, 2.75) is 19.3 Å². The zero-order valence-electron chi connectivity index (χ0n) is 13.3. The van der Waals surface area contributed by atoms with E-state index in [9.17, 15) is 4.79 Å². The Morgan fingerprint density at radius 2 is 2.00 bits per heavy atom. The van der Waals surface area contributed by atoms with E-state index >= 15 is 0 Å². The lowest BCUT2D eigenvalue weighted by atomic mass is 9.96. The second kappa shape index (κ2) is 9.10. The molecular formula is C17H25IN4O. The normalized spacial score (nSPS) is 18.4. The Morgan fingerprint density at radius 1 is 1.26 bits per heavy atom. The van der Waals surface area contributed by atoms with Gasteiger partial charge in [-0.1, -0.05) is 18.2 Å². The van der Waals surface area contributed by atoms with E-state index in [0.717, 1.165) is 63.5 Å². The first-order valence-corrected chi connectivity index (χ1v) is 8.19. The molecule has 0 atom stereocenters. The van der Waals surface area contributed by atoms with E-state index in [4.69, 9.17) is 0 Å². The lowest BCUT2D eigenvalue weighted by molar-refractivity contribution is 0.0691. The Labute approximate surface area is 154 Å². The van der Waals surface area contributed by atoms with Crippen molar-refractivity contribution in [3.8, 4) is 0 Å². The van der Waals surface area contributed by atoms with Gasteiger partial charge in [0.05, 0.1) is 0 Å². The molecule has 0 aromatic heterocycles. The van der Waals surface area contributed by atoms with Crippen molar-refractivity contribution < 1.29 is 4.79 Å². The van der Waals surface area contributed by atoms with Crippen LogP contribution < -0.4 is 10.6 Å². The van der Waals surface area contributed by atoms with Crippen molar-refractivity contribution in [3.63, 3.8) is 0 Å². The summed E-state index contributed by atoms with van der Waals surface area (Å²) in [6, 6.07) is 9.56. The Bertz CT molecular complexity index is 527. The lowest BCUT2D eigenvalue weighted by Gasteiger charge is -2.32. The molecule has 0 unspecified atom stereocenters. The summed E-state index contributed by atoms with van der Waals surface area (Å²) in [4.78, 5) is 18.8. The topological polar surface area (TPSA) is 56.7 Å². The second-order valence-electron chi connectivity index (χ2n) is 5.99. The van der Waals surface area contributed by atoms with Crippen molar-refractivity contribution in [2.75, 3.05) is 32.7 Å². The largest absolute Gasteiger partial charge is 0.356 e. The smallest absolute Gasteiger partial charge is 0.253 e. The van der Waals surface area contributed by atoms with E-state index in [1.807, 2.05) is 35.2 Å². The number of carbonyl (C=O) groups excluding carboxylic acids is 1. The maximum atomic E-state index is 12.4. The highest BCUT2D eigenvalue weighted by Gasteiger charge is 2.23. The number of aliphatic imine (C=N–C) groups is 1. The number of amides is 1. The van der Waals surface area contributed by atoms with E-state index < -0.39 is 0 Å². The van der Waals surface area contributed by atoms with Crippen LogP contribution in [0.2, 0.25) is 0 Å². The monoisotopic (exact) mass is 428 g/mol. The fourth-order valence-corrected chi connectivity index (χ4v) is 3.00. The van der Waals surface area contributed by atoms with Crippen LogP contribution >= 0.6 is 24.0 Å². The van der Waals surface area contributed by atoms with Gasteiger partial charge in [-0.25, -0.2) is 0 Å². The van der Waals surface area contributed by atoms with E-state index in [1.165, 1.54) is 0 Å². The zero-order valence-corrected chi connectivity index (χ0v) is 15.7. The number of piperidine rings is 1. The van der Waals surface area contributed by atoms with Gasteiger partial charge in [0.25, 0.3) is 5.91 Å². The summed E-state index contributed by atoms with van der Waals surface area (Å²) in [6.45, 7) is 4.56. The van der Waals surface area contributed by atoms with E-state index in [-0.39, 0.29) is 29.9 Å². The van der Waals surface area contributed by atoms with Gasteiger partial charge in [-0.3, -0.25) is 9.79 Å². The molecule has 2 heterocycles. The second-order valence-corrected chi connectivity index (χ2v) is 5.99. The van der Waals surface area contributed by atoms with Crippen LogP contribution in [-0.4, -0.2) is 49.5 Å². The van der Waals surface area contributed by atoms with Gasteiger partial charge in [0, 0.05) is 38.3 Å². The van der Waals surface area contributed by atoms with Crippen molar-refractivity contribution in [1.29, 1.82) is 0 Å². The molecule has 3 rings (SSSR count). The third-order valence-electron chi connectivity index (χ3n) is 4.38. The molecule has 1 saturated heterocycles. The number of rotatable bonds is 3. The molecule has 1 fully saturated rings. The van der Waals surface area contributed by atoms with Gasteiger partial charge in [-0.05, 0) is 37.3 Å². The Hall–Kier alpha value is -1.31. The van der Waals surface area contributed by atoms with Gasteiger partial charge >= 0.3 is 0 Å². The molecule has 1 aromatic carbocycles. The summed E-state index contributed by atoms with van der Waals surface area (Å²) in [7, 11) is 0. The van der Waals surface area contributed by atoms with Crippen molar-refractivity contribution in [1.82, 2.24) is 15.5 Å². The number of hydrogen-bond donors (Lipinski definition) is 2. The minimum absolute atomic E-state index is 0. The van der Waals surface area contributed by atoms with Gasteiger partial charge in [0.15, 0.2) is 5.96 Å². The molecule has 5 nitrogen and oxygen atoms in total. The highest BCUT2D eigenvalue weighted by Crippen LogP contribution is 2.18. The van der Waals surface area contributed by atoms with Gasteiger partial charge in [0.1, 0.15) is 0 Å². The predicted molar refractivity (Wildman–Crippen MR) is 103 cm³/mol. The number of guanidine groups is 1. The molecular weight excluding hydrogens is 403 g/mol. The molecule has 126 valence electrons. The van der Waals surface area contributed by atoms with E-state index in [2.05, 4.69) is 15.6 Å². The maximum Gasteiger partial charge on any atom is 0.253 e. The first-order chi connectivity index (χ1) is 10.8. The SMILES string of the molecule is I.O=C(c1ccccc1)N1CCC(CNC2=NCCCN2)CC1. The third kappa shape index (κ3) is 5.09. The molecule has 2 aliphatic rings. The highest BCUT2D eigenvalue weighted by atomic mass is 127. The molecule has 0 bridgehead atoms. The van der Waals surface area contributed by atoms with Crippen LogP contribution in [0.4, 0.5) is 0 Å². The minimum atomic E-state index is 0. The highest BCUT2D eigenvalue weighted by molar-refractivity contribution is 14.0. The molecule has 23 heavy (non-hydrogen) atoms. The van der Waals surface area contributed by atoms with Gasteiger partial charge in [-0.2, -0.15) is 0 Å². The van der Waals surface area contributed by atoms with Crippen molar-refractivity contribution >= 4 is 35.8 Å². The van der Waals surface area contributed by atoms with E-state index in [0.29, 0.717) is 5.92 Å². The summed E-state index contributed by atoms with van der Waals surface area (Å²) >= 11 is 0. The average Bonchev–Trinajstić information content (AvgIpc) is 2.61. The van der Waals surface area contributed by atoms with Crippen molar-refractivity contribution in [3.05, 3.63) is 35.9 Å². The average molecular weight is 428 g/mol. The number of likely N-dealkylation sites (tertiary alicyclic amines) is 1. The Kier molecular flexibility index (Phi) is 7.14. The molecule has 0 spiro atoms. The number of nitrogens with one attached hydrogen (secondary N) is 2. The summed E-state index contributed by atoms with van der Waals surface area (Å²) in [5.74, 6) is 1.71. The van der Waals surface area contributed by atoms with Crippen LogP contribution in [0.5, 0.6) is 0 Å². The Morgan fingerprint density at radius 3 is 2.65 bits per heavy atom. The molecule has 1 amide bonds. The van der Waals surface area contributed by atoms with Crippen LogP contribution in [0.3, 0.4) is 0 Å². The molecule has 2 N–H and O–H groups in total. The molecule has 0 aliphatic carbocycles. The molecule has 6 heteroatoms. The van der Waals surface area contributed by atoms with Crippen LogP contribution in [0, 0.1) is 5.92 Å². The molecule has 0 radical (unpaired) electrons. The first-order valence-electron chi connectivity index (χ1n) is 8.19. The van der Waals surface area contributed by atoms with Crippen LogP contribution in [-0.2, 0) is 0 Å². The fourth-order valence-electron chi connectivity index (χ4n) is 3.00.